The number of methoxy groups -OCH3 is 1. The maximum Gasteiger partial charge on any atom is 0.222 e. The second-order valence-electron chi connectivity index (χ2n) is 6.68. The van der Waals surface area contributed by atoms with Gasteiger partial charge in [0.2, 0.25) is 5.91 Å². The zero-order valence-electron chi connectivity index (χ0n) is 15.1. The zero-order chi connectivity index (χ0) is 17.8. The van der Waals surface area contributed by atoms with Gasteiger partial charge in [0.05, 0.1) is 12.3 Å². The maximum absolute atomic E-state index is 12.7. The van der Waals surface area contributed by atoms with E-state index in [4.69, 9.17) is 9.26 Å². The Morgan fingerprint density at radius 3 is 2.84 bits per heavy atom. The van der Waals surface area contributed by atoms with E-state index < -0.39 is 0 Å². The largest absolute Gasteiger partial charge is 0.384 e. The molecule has 1 aliphatic rings. The van der Waals surface area contributed by atoms with Gasteiger partial charge in [-0.2, -0.15) is 0 Å². The highest BCUT2D eigenvalue weighted by Crippen LogP contribution is 2.32. The van der Waals surface area contributed by atoms with Crippen LogP contribution in [-0.2, 0) is 16.0 Å². The van der Waals surface area contributed by atoms with Gasteiger partial charge in [-0.3, -0.25) is 9.78 Å². The molecule has 6 heteroatoms. The van der Waals surface area contributed by atoms with E-state index in [-0.39, 0.29) is 17.7 Å². The van der Waals surface area contributed by atoms with Crippen LogP contribution in [0.3, 0.4) is 0 Å². The van der Waals surface area contributed by atoms with E-state index in [1.165, 1.54) is 0 Å². The summed E-state index contributed by atoms with van der Waals surface area (Å²) in [7, 11) is 1.71. The normalized spacial score (nSPS) is 20.2. The summed E-state index contributed by atoms with van der Waals surface area (Å²) in [5, 5.41) is 3.96. The molecule has 134 valence electrons. The predicted octanol–water partition coefficient (Wildman–Crippen LogP) is 2.51. The number of aromatic nitrogens is 2. The van der Waals surface area contributed by atoms with E-state index in [0.717, 1.165) is 29.3 Å². The van der Waals surface area contributed by atoms with Crippen LogP contribution in [0, 0.1) is 19.8 Å². The van der Waals surface area contributed by atoms with E-state index in [0.29, 0.717) is 26.0 Å². The highest BCUT2D eigenvalue weighted by molar-refractivity contribution is 5.77. The SMILES string of the molecule is COC[C@@H]1CN(C(=O)CCc2c(C)noc2C)C[C@H]1c1ccccn1. The average Bonchev–Trinajstić information content (AvgIpc) is 3.18. The van der Waals surface area contributed by atoms with Crippen molar-refractivity contribution in [2.75, 3.05) is 26.8 Å². The molecule has 2 aromatic heterocycles. The topological polar surface area (TPSA) is 68.5 Å². The number of likely N-dealkylation sites (tertiary alicyclic amines) is 1. The lowest BCUT2D eigenvalue weighted by Crippen LogP contribution is -2.29. The van der Waals surface area contributed by atoms with Crippen LogP contribution in [-0.4, -0.2) is 47.8 Å². The Hall–Kier alpha value is -2.21. The van der Waals surface area contributed by atoms with Gasteiger partial charge < -0.3 is 14.2 Å². The van der Waals surface area contributed by atoms with E-state index >= 15 is 0 Å². The minimum Gasteiger partial charge on any atom is -0.384 e. The summed E-state index contributed by atoms with van der Waals surface area (Å²) in [5.74, 6) is 1.47. The third-order valence-corrected chi connectivity index (χ3v) is 5.01. The number of carbonyl (C=O) groups excluding carboxylic acids is 1. The van der Waals surface area contributed by atoms with Gasteiger partial charge in [0.1, 0.15) is 5.76 Å². The molecular weight excluding hydrogens is 318 g/mol. The number of carbonyl (C=O) groups is 1. The Labute approximate surface area is 148 Å². The summed E-state index contributed by atoms with van der Waals surface area (Å²) in [5.41, 5.74) is 2.95. The van der Waals surface area contributed by atoms with Crippen molar-refractivity contribution in [2.24, 2.45) is 5.92 Å². The first-order valence-corrected chi connectivity index (χ1v) is 8.69. The Kier molecular flexibility index (Phi) is 5.48. The van der Waals surface area contributed by atoms with Crippen LogP contribution in [0.4, 0.5) is 0 Å². The Balaban J connectivity index is 1.65. The lowest BCUT2D eigenvalue weighted by molar-refractivity contribution is -0.130. The standard InChI is InChI=1S/C19H25N3O3/c1-13-16(14(2)25-21-13)7-8-19(23)22-10-15(12-24-3)17(11-22)18-6-4-5-9-20-18/h4-6,9,15,17H,7-8,10-12H2,1-3H3/t15-,17+/m0/s1. The van der Waals surface area contributed by atoms with Gasteiger partial charge >= 0.3 is 0 Å². The third kappa shape index (κ3) is 3.90. The molecule has 0 N–H and O–H groups in total. The second-order valence-corrected chi connectivity index (χ2v) is 6.68. The van der Waals surface area contributed by atoms with Crippen molar-refractivity contribution in [3.8, 4) is 0 Å². The molecule has 0 radical (unpaired) electrons. The van der Waals surface area contributed by atoms with Gasteiger partial charge in [0.25, 0.3) is 0 Å². The van der Waals surface area contributed by atoms with Crippen LogP contribution >= 0.6 is 0 Å². The van der Waals surface area contributed by atoms with Gasteiger partial charge in [-0.05, 0) is 32.4 Å². The number of nitrogens with zero attached hydrogens (tertiary/aromatic N) is 3. The molecule has 0 aromatic carbocycles. The minimum atomic E-state index is 0.166. The number of pyridine rings is 1. The molecular formula is C19H25N3O3. The Morgan fingerprint density at radius 1 is 1.36 bits per heavy atom. The molecule has 2 aromatic rings. The first kappa shape index (κ1) is 17.6. The lowest BCUT2D eigenvalue weighted by Gasteiger charge is -2.16. The molecule has 25 heavy (non-hydrogen) atoms. The lowest BCUT2D eigenvalue weighted by atomic mass is 9.93. The summed E-state index contributed by atoms with van der Waals surface area (Å²) >= 11 is 0. The fourth-order valence-electron chi connectivity index (χ4n) is 3.64. The molecule has 1 saturated heterocycles. The quantitative estimate of drug-likeness (QED) is 0.806. The van der Waals surface area contributed by atoms with Gasteiger partial charge in [-0.15, -0.1) is 0 Å². The van der Waals surface area contributed by atoms with Crippen LogP contribution in [0.15, 0.2) is 28.9 Å². The van der Waals surface area contributed by atoms with Crippen molar-refractivity contribution in [3.63, 3.8) is 0 Å². The number of hydrogen-bond acceptors (Lipinski definition) is 5. The fourth-order valence-corrected chi connectivity index (χ4v) is 3.64. The van der Waals surface area contributed by atoms with E-state index in [1.807, 2.05) is 36.9 Å². The number of hydrogen-bond donors (Lipinski definition) is 0. The van der Waals surface area contributed by atoms with Crippen molar-refractivity contribution < 1.29 is 14.1 Å². The molecule has 1 amide bonds. The zero-order valence-corrected chi connectivity index (χ0v) is 15.1. The third-order valence-electron chi connectivity index (χ3n) is 5.01. The molecule has 3 heterocycles. The first-order chi connectivity index (χ1) is 12.1. The molecule has 0 aliphatic carbocycles. The average molecular weight is 343 g/mol. The minimum absolute atomic E-state index is 0.166. The van der Waals surface area contributed by atoms with Gasteiger partial charge in [0.15, 0.2) is 0 Å². The number of ether oxygens (including phenoxy) is 1. The molecule has 1 aliphatic heterocycles. The van der Waals surface area contributed by atoms with Crippen LogP contribution in [0.25, 0.3) is 0 Å². The Bertz CT molecular complexity index is 694. The van der Waals surface area contributed by atoms with E-state index in [2.05, 4.69) is 10.1 Å². The van der Waals surface area contributed by atoms with Crippen LogP contribution in [0.1, 0.15) is 35.1 Å². The first-order valence-electron chi connectivity index (χ1n) is 8.69. The van der Waals surface area contributed by atoms with Crippen molar-refractivity contribution in [2.45, 2.75) is 32.6 Å². The highest BCUT2D eigenvalue weighted by atomic mass is 16.5. The second kappa shape index (κ2) is 7.78. The van der Waals surface area contributed by atoms with Crippen LogP contribution < -0.4 is 0 Å². The van der Waals surface area contributed by atoms with Crippen LogP contribution in [0.5, 0.6) is 0 Å². The van der Waals surface area contributed by atoms with Crippen molar-refractivity contribution in [3.05, 3.63) is 47.1 Å². The summed E-state index contributed by atoms with van der Waals surface area (Å²) < 4.78 is 10.5. The molecule has 3 rings (SSSR count). The fraction of sp³-hybridized carbons (Fsp3) is 0.526. The van der Waals surface area contributed by atoms with E-state index in [9.17, 15) is 4.79 Å². The molecule has 1 fully saturated rings. The highest BCUT2D eigenvalue weighted by Gasteiger charge is 2.36. The number of amides is 1. The molecule has 0 spiro atoms. The molecule has 0 saturated carbocycles. The monoisotopic (exact) mass is 343 g/mol. The Morgan fingerprint density at radius 2 is 2.20 bits per heavy atom. The molecule has 0 unspecified atom stereocenters. The summed E-state index contributed by atoms with van der Waals surface area (Å²) in [6.07, 6.45) is 2.94. The van der Waals surface area contributed by atoms with E-state index in [1.54, 1.807) is 13.3 Å². The number of rotatable bonds is 6. The van der Waals surface area contributed by atoms with Gasteiger partial charge in [-0.25, -0.2) is 0 Å². The van der Waals surface area contributed by atoms with Crippen molar-refractivity contribution in [1.29, 1.82) is 0 Å². The molecule has 2 atom stereocenters. The van der Waals surface area contributed by atoms with Crippen molar-refractivity contribution >= 4 is 5.91 Å². The summed E-state index contributed by atoms with van der Waals surface area (Å²) in [6, 6.07) is 5.94. The predicted molar refractivity (Wildman–Crippen MR) is 93.2 cm³/mol. The van der Waals surface area contributed by atoms with Crippen molar-refractivity contribution in [1.82, 2.24) is 15.0 Å². The summed E-state index contributed by atoms with van der Waals surface area (Å²) in [4.78, 5) is 19.1. The van der Waals surface area contributed by atoms with Crippen LogP contribution in [0.2, 0.25) is 0 Å². The molecule has 0 bridgehead atoms. The molecule has 6 nitrogen and oxygen atoms in total. The maximum atomic E-state index is 12.7. The number of aryl methyl sites for hydroxylation is 2. The van der Waals surface area contributed by atoms with Gasteiger partial charge in [0, 0.05) is 55.9 Å². The smallest absolute Gasteiger partial charge is 0.222 e. The van der Waals surface area contributed by atoms with Gasteiger partial charge in [-0.1, -0.05) is 11.2 Å². The summed E-state index contributed by atoms with van der Waals surface area (Å²) in [6.45, 7) is 5.86.